The maximum atomic E-state index is 12.4. The van der Waals surface area contributed by atoms with E-state index in [2.05, 4.69) is 4.98 Å². The van der Waals surface area contributed by atoms with E-state index in [1.807, 2.05) is 60.7 Å². The summed E-state index contributed by atoms with van der Waals surface area (Å²) in [6, 6.07) is 20.9. The molecule has 1 N–H and O–H groups in total. The van der Waals surface area contributed by atoms with Gasteiger partial charge in [-0.15, -0.1) is 0 Å². The normalized spacial score (nSPS) is 22.8. The van der Waals surface area contributed by atoms with Gasteiger partial charge in [0.15, 0.2) is 6.23 Å². The van der Waals surface area contributed by atoms with Gasteiger partial charge in [-0.1, -0.05) is 60.7 Å². The van der Waals surface area contributed by atoms with Crippen molar-refractivity contribution >= 4 is 0 Å². The Kier molecular flexibility index (Phi) is 7.28. The van der Waals surface area contributed by atoms with Crippen molar-refractivity contribution in [3.63, 3.8) is 0 Å². The number of aromatic nitrogens is 2. The topological polar surface area (TPSA) is 91.8 Å². The summed E-state index contributed by atoms with van der Waals surface area (Å²) in [5.74, 6) is 0. The van der Waals surface area contributed by atoms with Gasteiger partial charge in [-0.25, -0.2) is 4.79 Å². The Morgan fingerprint density at radius 2 is 1.56 bits per heavy atom. The summed E-state index contributed by atoms with van der Waals surface area (Å²) in [7, 11) is 1.55. The zero-order valence-electron chi connectivity index (χ0n) is 17.8. The lowest BCUT2D eigenvalue weighted by atomic mass is 10.1. The summed E-state index contributed by atoms with van der Waals surface area (Å²) in [6.07, 6.45) is -0.904. The first kappa shape index (κ1) is 22.2. The SMILES string of the molecule is CO[C@@H]1[C@H](OCc2ccccc2)[C@@H](COCc2ccccc2)O[C@@H]1n1ccc(=O)[nH]c1=O. The number of benzene rings is 2. The number of nitrogens with one attached hydrogen (secondary N) is 1. The Labute approximate surface area is 185 Å². The highest BCUT2D eigenvalue weighted by Gasteiger charge is 2.47. The van der Waals surface area contributed by atoms with Crippen molar-refractivity contribution in [2.75, 3.05) is 13.7 Å². The van der Waals surface area contributed by atoms with E-state index < -0.39 is 35.8 Å². The van der Waals surface area contributed by atoms with Crippen molar-refractivity contribution < 1.29 is 18.9 Å². The lowest BCUT2D eigenvalue weighted by molar-refractivity contribution is -0.0836. The predicted octanol–water partition coefficient (Wildman–Crippen LogP) is 2.25. The van der Waals surface area contributed by atoms with Crippen molar-refractivity contribution in [3.05, 3.63) is 105 Å². The molecule has 3 aromatic rings. The average Bonchev–Trinajstić information content (AvgIpc) is 3.16. The van der Waals surface area contributed by atoms with Crippen LogP contribution in [0.25, 0.3) is 0 Å². The standard InChI is InChI=1S/C24H26N2O6/c1-29-22-21(31-15-18-10-6-3-7-11-18)19(16-30-14-17-8-4-2-5-9-17)32-23(22)26-13-12-20(27)25-24(26)28/h2-13,19,21-23H,14-16H2,1H3,(H,25,27,28)/t19-,21-,22-,23+/m1/s1. The molecule has 4 rings (SSSR count). The largest absolute Gasteiger partial charge is 0.374 e. The molecule has 0 aliphatic carbocycles. The van der Waals surface area contributed by atoms with E-state index in [1.54, 1.807) is 7.11 Å². The van der Waals surface area contributed by atoms with Crippen LogP contribution in [0, 0.1) is 0 Å². The van der Waals surface area contributed by atoms with Gasteiger partial charge >= 0.3 is 5.69 Å². The van der Waals surface area contributed by atoms with Crippen molar-refractivity contribution in [1.29, 1.82) is 0 Å². The van der Waals surface area contributed by atoms with Crippen LogP contribution in [0.3, 0.4) is 0 Å². The maximum Gasteiger partial charge on any atom is 0.330 e. The van der Waals surface area contributed by atoms with Gasteiger partial charge in [0.2, 0.25) is 0 Å². The Morgan fingerprint density at radius 1 is 0.906 bits per heavy atom. The molecular weight excluding hydrogens is 412 g/mol. The first-order chi connectivity index (χ1) is 15.7. The van der Waals surface area contributed by atoms with Crippen LogP contribution in [0.2, 0.25) is 0 Å². The molecule has 0 unspecified atom stereocenters. The van der Waals surface area contributed by atoms with Gasteiger partial charge in [0, 0.05) is 19.4 Å². The van der Waals surface area contributed by atoms with E-state index in [0.717, 1.165) is 11.1 Å². The number of ether oxygens (including phenoxy) is 4. The van der Waals surface area contributed by atoms with E-state index in [1.165, 1.54) is 16.8 Å². The summed E-state index contributed by atoms with van der Waals surface area (Å²) >= 11 is 0. The molecule has 168 valence electrons. The number of hydrogen-bond donors (Lipinski definition) is 1. The van der Waals surface area contributed by atoms with Crippen LogP contribution in [0.5, 0.6) is 0 Å². The number of rotatable bonds is 9. The molecule has 0 radical (unpaired) electrons. The van der Waals surface area contributed by atoms with Crippen LogP contribution in [0.1, 0.15) is 17.4 Å². The van der Waals surface area contributed by atoms with Crippen LogP contribution in [-0.4, -0.2) is 41.6 Å². The summed E-state index contributed by atoms with van der Waals surface area (Å²) < 4.78 is 25.3. The van der Waals surface area contributed by atoms with Crippen LogP contribution in [0.4, 0.5) is 0 Å². The molecular formula is C24H26N2O6. The average molecular weight is 438 g/mol. The zero-order valence-corrected chi connectivity index (χ0v) is 17.8. The molecule has 1 aromatic heterocycles. The molecule has 0 spiro atoms. The zero-order chi connectivity index (χ0) is 22.3. The Balaban J connectivity index is 1.52. The van der Waals surface area contributed by atoms with E-state index in [0.29, 0.717) is 13.2 Å². The van der Waals surface area contributed by atoms with Gasteiger partial charge in [0.1, 0.15) is 18.3 Å². The molecule has 1 saturated heterocycles. The minimum absolute atomic E-state index is 0.253. The molecule has 2 heterocycles. The predicted molar refractivity (Wildman–Crippen MR) is 117 cm³/mol. The van der Waals surface area contributed by atoms with Gasteiger partial charge < -0.3 is 18.9 Å². The van der Waals surface area contributed by atoms with Gasteiger partial charge in [0.05, 0.1) is 19.8 Å². The monoisotopic (exact) mass is 438 g/mol. The third-order valence-electron chi connectivity index (χ3n) is 5.36. The Hall–Kier alpha value is -3.04. The molecule has 0 amide bonds. The van der Waals surface area contributed by atoms with Crippen molar-refractivity contribution in [3.8, 4) is 0 Å². The first-order valence-corrected chi connectivity index (χ1v) is 10.4. The quantitative estimate of drug-likeness (QED) is 0.551. The third-order valence-corrected chi connectivity index (χ3v) is 5.36. The minimum atomic E-state index is -0.768. The Bertz CT molecular complexity index is 1100. The van der Waals surface area contributed by atoms with Crippen molar-refractivity contribution in [2.24, 2.45) is 0 Å². The van der Waals surface area contributed by atoms with E-state index in [4.69, 9.17) is 18.9 Å². The molecule has 32 heavy (non-hydrogen) atoms. The highest BCUT2D eigenvalue weighted by atomic mass is 16.6. The van der Waals surface area contributed by atoms with E-state index in [-0.39, 0.29) is 6.61 Å². The molecule has 0 saturated carbocycles. The molecule has 1 aliphatic heterocycles. The summed E-state index contributed by atoms with van der Waals surface area (Å²) in [6.45, 7) is 1.03. The van der Waals surface area contributed by atoms with Crippen molar-refractivity contribution in [2.45, 2.75) is 37.8 Å². The number of aromatic amines is 1. The molecule has 1 fully saturated rings. The second-order valence-corrected chi connectivity index (χ2v) is 7.54. The second-order valence-electron chi connectivity index (χ2n) is 7.54. The lowest BCUT2D eigenvalue weighted by Gasteiger charge is -2.24. The van der Waals surface area contributed by atoms with Crippen LogP contribution in [0.15, 0.2) is 82.5 Å². The molecule has 1 aliphatic rings. The highest BCUT2D eigenvalue weighted by Crippen LogP contribution is 2.33. The number of hydrogen-bond acceptors (Lipinski definition) is 6. The van der Waals surface area contributed by atoms with Crippen molar-refractivity contribution in [1.82, 2.24) is 9.55 Å². The summed E-state index contributed by atoms with van der Waals surface area (Å²) in [5.41, 5.74) is 1.01. The smallest absolute Gasteiger partial charge is 0.330 e. The molecule has 0 bridgehead atoms. The second kappa shape index (κ2) is 10.5. The van der Waals surface area contributed by atoms with Gasteiger partial charge in [-0.2, -0.15) is 0 Å². The number of nitrogens with zero attached hydrogens (tertiary/aromatic N) is 1. The third kappa shape index (κ3) is 5.23. The first-order valence-electron chi connectivity index (χ1n) is 10.4. The van der Waals surface area contributed by atoms with Crippen LogP contribution in [-0.2, 0) is 32.2 Å². The minimum Gasteiger partial charge on any atom is -0.374 e. The fraction of sp³-hybridized carbons (Fsp3) is 0.333. The molecule has 8 heteroatoms. The summed E-state index contributed by atoms with van der Waals surface area (Å²) in [4.78, 5) is 26.1. The lowest BCUT2D eigenvalue weighted by Crippen LogP contribution is -2.40. The van der Waals surface area contributed by atoms with Gasteiger partial charge in [-0.05, 0) is 11.1 Å². The van der Waals surface area contributed by atoms with Crippen LogP contribution < -0.4 is 11.2 Å². The van der Waals surface area contributed by atoms with Gasteiger partial charge in [-0.3, -0.25) is 14.3 Å². The number of H-pyrrole nitrogens is 1. The molecule has 2 aromatic carbocycles. The summed E-state index contributed by atoms with van der Waals surface area (Å²) in [5, 5.41) is 0. The highest BCUT2D eigenvalue weighted by molar-refractivity contribution is 5.14. The molecule has 8 nitrogen and oxygen atoms in total. The van der Waals surface area contributed by atoms with Gasteiger partial charge in [0.25, 0.3) is 5.56 Å². The Morgan fingerprint density at radius 3 is 2.19 bits per heavy atom. The van der Waals surface area contributed by atoms with E-state index >= 15 is 0 Å². The van der Waals surface area contributed by atoms with E-state index in [9.17, 15) is 9.59 Å². The fourth-order valence-corrected chi connectivity index (χ4v) is 3.78. The fourth-order valence-electron chi connectivity index (χ4n) is 3.78. The number of methoxy groups -OCH3 is 1. The molecule has 4 atom stereocenters. The maximum absolute atomic E-state index is 12.4. The van der Waals surface area contributed by atoms with Crippen LogP contribution >= 0.6 is 0 Å².